The zero-order valence-corrected chi connectivity index (χ0v) is 16.3. The lowest BCUT2D eigenvalue weighted by Gasteiger charge is -2.13. The third kappa shape index (κ3) is 6.46. The number of benzene rings is 1. The third-order valence-electron chi connectivity index (χ3n) is 3.73. The molecule has 3 rings (SSSR count). The average molecular weight is 441 g/mol. The summed E-state index contributed by atoms with van der Waals surface area (Å²) in [6.45, 7) is -0.237. The Labute approximate surface area is 172 Å². The van der Waals surface area contributed by atoms with E-state index in [-0.39, 0.29) is 31.4 Å². The molecule has 2 heterocycles. The summed E-state index contributed by atoms with van der Waals surface area (Å²) >= 11 is 6.15. The van der Waals surface area contributed by atoms with Gasteiger partial charge in [0.2, 0.25) is 5.91 Å². The zero-order valence-electron chi connectivity index (χ0n) is 14.0. The van der Waals surface area contributed by atoms with Crippen molar-refractivity contribution >= 4 is 48.0 Å². The van der Waals surface area contributed by atoms with E-state index < -0.39 is 30.8 Å². The summed E-state index contributed by atoms with van der Waals surface area (Å²) in [4.78, 5) is 16.2. The number of carbonyl (C=O) groups excluding carboxylic acids is 1. The lowest BCUT2D eigenvalue weighted by molar-refractivity contribution is -0.118. The van der Waals surface area contributed by atoms with Gasteiger partial charge in [0, 0.05) is 18.3 Å². The summed E-state index contributed by atoms with van der Waals surface area (Å²) < 4.78 is 31.9. The number of anilines is 1. The lowest BCUT2D eigenvalue weighted by atomic mass is 10.2. The maximum atomic E-state index is 13.2. The van der Waals surface area contributed by atoms with E-state index in [4.69, 9.17) is 16.3 Å². The molecule has 10 heteroatoms. The largest absolute Gasteiger partial charge is 0.486 e. The molecule has 0 saturated carbocycles. The van der Waals surface area contributed by atoms with E-state index in [0.717, 1.165) is 5.69 Å². The summed E-state index contributed by atoms with van der Waals surface area (Å²) in [5, 5.41) is 5.39. The third-order valence-corrected chi connectivity index (χ3v) is 4.02. The highest BCUT2D eigenvalue weighted by Gasteiger charge is 2.42. The number of pyridine rings is 1. The maximum absolute atomic E-state index is 13.2. The average Bonchev–Trinajstić information content (AvgIpc) is 2.95. The summed E-state index contributed by atoms with van der Waals surface area (Å²) in [6, 6.07) is 9.29. The van der Waals surface area contributed by atoms with Crippen molar-refractivity contribution in [3.05, 3.63) is 53.3 Å². The van der Waals surface area contributed by atoms with Gasteiger partial charge >= 0.3 is 0 Å². The molecule has 1 atom stereocenters. The number of rotatable bonds is 5. The summed E-state index contributed by atoms with van der Waals surface area (Å²) in [5.74, 6) is -2.94. The molecule has 2 N–H and O–H groups in total. The molecular formula is C17H18Cl3F2N3O2. The zero-order chi connectivity index (χ0) is 17.9. The SMILES string of the molecule is Cl.Cl.O=C(Nc1ccc(OCc2ccccn2)c(Cl)c1)C1CC(F)(F)CN1. The number of carbonyl (C=O) groups is 1. The van der Waals surface area contributed by atoms with Crippen molar-refractivity contribution in [2.75, 3.05) is 11.9 Å². The van der Waals surface area contributed by atoms with Gasteiger partial charge in [-0.3, -0.25) is 15.1 Å². The van der Waals surface area contributed by atoms with Crippen LogP contribution in [-0.2, 0) is 11.4 Å². The van der Waals surface area contributed by atoms with Gasteiger partial charge in [0.15, 0.2) is 0 Å². The molecule has 1 aromatic carbocycles. The molecule has 1 amide bonds. The topological polar surface area (TPSA) is 63.2 Å². The van der Waals surface area contributed by atoms with Crippen molar-refractivity contribution in [2.45, 2.75) is 25.0 Å². The Balaban J connectivity index is 0.00000182. The molecule has 1 fully saturated rings. The predicted molar refractivity (Wildman–Crippen MR) is 105 cm³/mol. The minimum Gasteiger partial charge on any atom is -0.486 e. The molecule has 1 unspecified atom stereocenters. The van der Waals surface area contributed by atoms with Crippen LogP contribution in [0.15, 0.2) is 42.6 Å². The molecule has 2 aromatic rings. The van der Waals surface area contributed by atoms with Gasteiger partial charge in [-0.25, -0.2) is 8.78 Å². The number of hydrogen-bond acceptors (Lipinski definition) is 4. The molecule has 0 radical (unpaired) electrons. The fourth-order valence-corrected chi connectivity index (χ4v) is 2.70. The van der Waals surface area contributed by atoms with Gasteiger partial charge in [-0.15, -0.1) is 24.8 Å². The molecule has 5 nitrogen and oxygen atoms in total. The van der Waals surface area contributed by atoms with Crippen LogP contribution >= 0.6 is 36.4 Å². The van der Waals surface area contributed by atoms with Gasteiger partial charge < -0.3 is 10.1 Å². The number of nitrogens with zero attached hydrogens (tertiary/aromatic N) is 1. The van der Waals surface area contributed by atoms with E-state index in [2.05, 4.69) is 15.6 Å². The van der Waals surface area contributed by atoms with E-state index in [0.29, 0.717) is 16.5 Å². The van der Waals surface area contributed by atoms with Crippen LogP contribution in [0.5, 0.6) is 5.75 Å². The minimum atomic E-state index is -2.86. The smallest absolute Gasteiger partial charge is 0.262 e. The Morgan fingerprint density at radius 2 is 2.11 bits per heavy atom. The maximum Gasteiger partial charge on any atom is 0.262 e. The van der Waals surface area contributed by atoms with Crippen LogP contribution < -0.4 is 15.4 Å². The summed E-state index contributed by atoms with van der Waals surface area (Å²) in [6.07, 6.45) is 1.15. The van der Waals surface area contributed by atoms with Crippen LogP contribution in [-0.4, -0.2) is 29.4 Å². The van der Waals surface area contributed by atoms with Gasteiger partial charge in [0.25, 0.3) is 5.92 Å². The van der Waals surface area contributed by atoms with Crippen molar-refractivity contribution in [2.24, 2.45) is 0 Å². The number of aromatic nitrogens is 1. The molecule has 0 aliphatic carbocycles. The molecule has 27 heavy (non-hydrogen) atoms. The number of hydrogen-bond donors (Lipinski definition) is 2. The Bertz CT molecular complexity index is 766. The normalized spacial score (nSPS) is 17.4. The molecule has 0 spiro atoms. The first kappa shape index (κ1) is 23.4. The Morgan fingerprint density at radius 3 is 2.70 bits per heavy atom. The van der Waals surface area contributed by atoms with Gasteiger partial charge in [0.1, 0.15) is 12.4 Å². The van der Waals surface area contributed by atoms with E-state index in [1.165, 1.54) is 6.07 Å². The second-order valence-corrected chi connectivity index (χ2v) is 6.14. The standard InChI is InChI=1S/C17H16ClF2N3O2.2ClH/c18-13-7-11(23-16(24)14-8-17(19,20)10-22-14)4-5-15(13)25-9-12-3-1-2-6-21-12;;/h1-7,14,22H,8-10H2,(H,23,24);2*1H. The summed E-state index contributed by atoms with van der Waals surface area (Å²) in [5.41, 5.74) is 1.17. The molecule has 1 saturated heterocycles. The van der Waals surface area contributed by atoms with E-state index in [1.807, 2.05) is 18.2 Å². The molecule has 148 valence electrons. The first-order valence-corrected chi connectivity index (χ1v) is 8.05. The first-order valence-electron chi connectivity index (χ1n) is 7.67. The molecular weight excluding hydrogens is 423 g/mol. The van der Waals surface area contributed by atoms with Gasteiger partial charge in [0.05, 0.1) is 23.3 Å². The molecule has 1 aliphatic heterocycles. The molecule has 1 aliphatic rings. The monoisotopic (exact) mass is 439 g/mol. The first-order chi connectivity index (χ1) is 11.9. The highest BCUT2D eigenvalue weighted by molar-refractivity contribution is 6.32. The Morgan fingerprint density at radius 1 is 1.33 bits per heavy atom. The van der Waals surface area contributed by atoms with Crippen molar-refractivity contribution in [3.63, 3.8) is 0 Å². The highest BCUT2D eigenvalue weighted by atomic mass is 35.5. The molecule has 0 bridgehead atoms. The van der Waals surface area contributed by atoms with Crippen molar-refractivity contribution in [1.82, 2.24) is 10.3 Å². The van der Waals surface area contributed by atoms with Crippen LogP contribution in [0, 0.1) is 0 Å². The second kappa shape index (κ2) is 10.0. The number of halogens is 5. The number of alkyl halides is 2. The fraction of sp³-hybridized carbons (Fsp3) is 0.294. The van der Waals surface area contributed by atoms with Crippen LogP contribution in [0.4, 0.5) is 14.5 Å². The van der Waals surface area contributed by atoms with E-state index in [9.17, 15) is 13.6 Å². The number of amides is 1. The van der Waals surface area contributed by atoms with Gasteiger partial charge in [-0.05, 0) is 30.3 Å². The fourth-order valence-electron chi connectivity index (χ4n) is 2.46. The highest BCUT2D eigenvalue weighted by Crippen LogP contribution is 2.29. The number of nitrogens with one attached hydrogen (secondary N) is 2. The van der Waals surface area contributed by atoms with E-state index >= 15 is 0 Å². The summed E-state index contributed by atoms with van der Waals surface area (Å²) in [7, 11) is 0. The number of ether oxygens (including phenoxy) is 1. The van der Waals surface area contributed by atoms with Crippen molar-refractivity contribution in [1.29, 1.82) is 0 Å². The van der Waals surface area contributed by atoms with Crippen molar-refractivity contribution in [3.8, 4) is 5.75 Å². The van der Waals surface area contributed by atoms with Crippen LogP contribution in [0.3, 0.4) is 0 Å². The van der Waals surface area contributed by atoms with Crippen LogP contribution in [0.2, 0.25) is 5.02 Å². The quantitative estimate of drug-likeness (QED) is 0.735. The Kier molecular flexibility index (Phi) is 8.68. The Hall–Kier alpha value is -1.67. The molecule has 1 aromatic heterocycles. The predicted octanol–water partition coefficient (Wildman–Crippen LogP) is 4.09. The van der Waals surface area contributed by atoms with Crippen molar-refractivity contribution < 1.29 is 18.3 Å². The van der Waals surface area contributed by atoms with Gasteiger partial charge in [-0.2, -0.15) is 0 Å². The van der Waals surface area contributed by atoms with Gasteiger partial charge in [-0.1, -0.05) is 17.7 Å². The van der Waals surface area contributed by atoms with Crippen LogP contribution in [0.1, 0.15) is 12.1 Å². The lowest BCUT2D eigenvalue weighted by Crippen LogP contribution is -2.35. The van der Waals surface area contributed by atoms with E-state index in [1.54, 1.807) is 18.3 Å². The minimum absolute atomic E-state index is 0. The second-order valence-electron chi connectivity index (χ2n) is 5.74. The van der Waals surface area contributed by atoms with Crippen LogP contribution in [0.25, 0.3) is 0 Å².